The average molecular weight is 317 g/mol. The highest BCUT2D eigenvalue weighted by Gasteiger charge is 2.24. The Kier molecular flexibility index (Phi) is 6.11. The lowest BCUT2D eigenvalue weighted by Crippen LogP contribution is -2.45. The number of aliphatic hydroxyl groups is 1. The highest BCUT2D eigenvalue weighted by atomic mass is 35.5. The first-order chi connectivity index (χ1) is 9.81. The summed E-state index contributed by atoms with van der Waals surface area (Å²) in [5.74, 6) is -2.37. The monoisotopic (exact) mass is 316 g/mol. The van der Waals surface area contributed by atoms with E-state index in [1.807, 2.05) is 0 Å². The molecule has 0 atom stereocenters. The number of amides is 2. The number of nitrogens with one attached hydrogen (secondary N) is 2. The molecule has 0 aromatic heterocycles. The fourth-order valence-corrected chi connectivity index (χ4v) is 1.81. The smallest absolute Gasteiger partial charge is 0.313 e. The molecule has 7 heteroatoms. The van der Waals surface area contributed by atoms with Crippen LogP contribution in [0, 0.1) is 5.82 Å². The molecule has 0 spiro atoms. The molecule has 21 heavy (non-hydrogen) atoms. The van der Waals surface area contributed by atoms with Crippen LogP contribution in [0.3, 0.4) is 0 Å². The minimum atomic E-state index is -1.04. The van der Waals surface area contributed by atoms with E-state index in [0.29, 0.717) is 12.8 Å². The molecule has 1 aromatic rings. The van der Waals surface area contributed by atoms with Gasteiger partial charge in [0.25, 0.3) is 0 Å². The van der Waals surface area contributed by atoms with E-state index in [1.54, 1.807) is 13.8 Å². The van der Waals surface area contributed by atoms with Crippen LogP contribution in [0.2, 0.25) is 5.02 Å². The largest absolute Gasteiger partial charge is 0.388 e. The zero-order chi connectivity index (χ0) is 16.0. The van der Waals surface area contributed by atoms with Gasteiger partial charge in [-0.1, -0.05) is 25.4 Å². The van der Waals surface area contributed by atoms with Crippen LogP contribution < -0.4 is 10.6 Å². The molecule has 0 radical (unpaired) electrons. The van der Waals surface area contributed by atoms with Crippen molar-refractivity contribution in [2.45, 2.75) is 32.3 Å². The lowest BCUT2D eigenvalue weighted by Gasteiger charge is -2.25. The molecule has 0 aliphatic rings. The Bertz CT molecular complexity index is 533. The molecule has 116 valence electrons. The van der Waals surface area contributed by atoms with Gasteiger partial charge in [-0.25, -0.2) is 4.39 Å². The predicted molar refractivity (Wildman–Crippen MR) is 78.6 cm³/mol. The Morgan fingerprint density at radius 1 is 1.29 bits per heavy atom. The molecule has 0 heterocycles. The van der Waals surface area contributed by atoms with Crippen LogP contribution in [-0.4, -0.2) is 29.1 Å². The van der Waals surface area contributed by atoms with Gasteiger partial charge in [0.2, 0.25) is 0 Å². The van der Waals surface area contributed by atoms with Crippen LogP contribution in [0.5, 0.6) is 0 Å². The number of carbonyl (C=O) groups excluding carboxylic acids is 2. The third-order valence-corrected chi connectivity index (χ3v) is 3.59. The number of rotatable bonds is 5. The predicted octanol–water partition coefficient (Wildman–Crippen LogP) is 2.08. The summed E-state index contributed by atoms with van der Waals surface area (Å²) < 4.78 is 12.9. The van der Waals surface area contributed by atoms with E-state index in [4.69, 9.17) is 11.6 Å². The molecular weight excluding hydrogens is 299 g/mol. The van der Waals surface area contributed by atoms with Crippen molar-refractivity contribution in [3.8, 4) is 0 Å². The number of hydrogen-bond acceptors (Lipinski definition) is 3. The third-order valence-electron chi connectivity index (χ3n) is 3.28. The molecule has 0 aliphatic carbocycles. The van der Waals surface area contributed by atoms with Crippen LogP contribution >= 0.6 is 11.6 Å². The average Bonchev–Trinajstić information content (AvgIpc) is 2.47. The lowest BCUT2D eigenvalue weighted by atomic mass is 9.98. The summed E-state index contributed by atoms with van der Waals surface area (Å²) in [5, 5.41) is 14.6. The molecule has 2 amide bonds. The van der Waals surface area contributed by atoms with Gasteiger partial charge in [0, 0.05) is 6.54 Å². The highest BCUT2D eigenvalue weighted by molar-refractivity contribution is 6.41. The zero-order valence-corrected chi connectivity index (χ0v) is 12.6. The molecule has 0 aliphatic heterocycles. The molecule has 0 fully saturated rings. The van der Waals surface area contributed by atoms with Gasteiger partial charge in [-0.15, -0.1) is 0 Å². The fraction of sp³-hybridized carbons (Fsp3) is 0.429. The van der Waals surface area contributed by atoms with Gasteiger partial charge in [0.1, 0.15) is 5.82 Å². The Labute approximate surface area is 127 Å². The van der Waals surface area contributed by atoms with E-state index in [0.717, 1.165) is 12.1 Å². The number of hydrogen-bond donors (Lipinski definition) is 3. The summed E-state index contributed by atoms with van der Waals surface area (Å²) in [5.41, 5.74) is -0.900. The topological polar surface area (TPSA) is 78.4 Å². The Balaban J connectivity index is 2.61. The van der Waals surface area contributed by atoms with Crippen LogP contribution in [0.15, 0.2) is 18.2 Å². The second-order valence-corrected chi connectivity index (χ2v) is 5.10. The standard InChI is InChI=1S/C14H18ClFN2O3/c1-3-14(21,4-2)8-17-12(19)13(20)18-11-6-5-9(16)7-10(11)15/h5-7,21H,3-4,8H2,1-2H3,(H,17,19)(H,18,20). The van der Waals surface area contributed by atoms with Gasteiger partial charge < -0.3 is 15.7 Å². The quantitative estimate of drug-likeness (QED) is 0.728. The Hall–Kier alpha value is -1.66. The maximum atomic E-state index is 12.9. The van der Waals surface area contributed by atoms with Crippen molar-refractivity contribution in [3.05, 3.63) is 29.0 Å². The number of benzene rings is 1. The third kappa shape index (κ3) is 4.99. The molecule has 1 rings (SSSR count). The van der Waals surface area contributed by atoms with Crippen molar-refractivity contribution < 1.29 is 19.1 Å². The summed E-state index contributed by atoms with van der Waals surface area (Å²) in [7, 11) is 0. The van der Waals surface area contributed by atoms with E-state index in [-0.39, 0.29) is 17.3 Å². The molecule has 1 aromatic carbocycles. The van der Waals surface area contributed by atoms with Crippen LogP contribution in [0.1, 0.15) is 26.7 Å². The van der Waals surface area contributed by atoms with E-state index in [9.17, 15) is 19.1 Å². The van der Waals surface area contributed by atoms with Gasteiger partial charge in [0.05, 0.1) is 16.3 Å². The highest BCUT2D eigenvalue weighted by Crippen LogP contribution is 2.22. The van der Waals surface area contributed by atoms with Gasteiger partial charge >= 0.3 is 11.8 Å². The van der Waals surface area contributed by atoms with Crippen molar-refractivity contribution in [3.63, 3.8) is 0 Å². The van der Waals surface area contributed by atoms with Gasteiger partial charge in [-0.05, 0) is 31.0 Å². The Morgan fingerprint density at radius 2 is 1.90 bits per heavy atom. The molecule has 0 saturated carbocycles. The summed E-state index contributed by atoms with van der Waals surface area (Å²) in [4.78, 5) is 23.3. The first kappa shape index (κ1) is 17.4. The normalized spacial score (nSPS) is 11.1. The first-order valence-electron chi connectivity index (χ1n) is 6.58. The molecule has 0 unspecified atom stereocenters. The van der Waals surface area contributed by atoms with Crippen molar-refractivity contribution in [2.24, 2.45) is 0 Å². The zero-order valence-electron chi connectivity index (χ0n) is 11.9. The summed E-state index contributed by atoms with van der Waals surface area (Å²) in [6.07, 6.45) is 0.907. The SMILES string of the molecule is CCC(O)(CC)CNC(=O)C(=O)Nc1ccc(F)cc1Cl. The number of anilines is 1. The second kappa shape index (κ2) is 7.38. The summed E-state index contributed by atoms with van der Waals surface area (Å²) >= 11 is 5.75. The molecule has 3 N–H and O–H groups in total. The van der Waals surface area contributed by atoms with Crippen molar-refractivity contribution in [2.75, 3.05) is 11.9 Å². The van der Waals surface area contributed by atoms with Crippen LogP contribution in [-0.2, 0) is 9.59 Å². The summed E-state index contributed by atoms with van der Waals surface area (Å²) in [6.45, 7) is 3.55. The van der Waals surface area contributed by atoms with Crippen molar-refractivity contribution >= 4 is 29.1 Å². The minimum absolute atomic E-state index is 0.00484. The maximum absolute atomic E-state index is 12.9. The number of halogens is 2. The van der Waals surface area contributed by atoms with Crippen LogP contribution in [0.25, 0.3) is 0 Å². The molecular formula is C14H18ClFN2O3. The van der Waals surface area contributed by atoms with E-state index >= 15 is 0 Å². The first-order valence-corrected chi connectivity index (χ1v) is 6.95. The molecule has 0 saturated heterocycles. The van der Waals surface area contributed by atoms with Gasteiger partial charge in [-0.2, -0.15) is 0 Å². The molecule has 5 nitrogen and oxygen atoms in total. The maximum Gasteiger partial charge on any atom is 0.313 e. The van der Waals surface area contributed by atoms with Gasteiger partial charge in [0.15, 0.2) is 0 Å². The summed E-state index contributed by atoms with van der Waals surface area (Å²) in [6, 6.07) is 3.41. The second-order valence-electron chi connectivity index (χ2n) is 4.69. The van der Waals surface area contributed by atoms with Crippen molar-refractivity contribution in [1.29, 1.82) is 0 Å². The van der Waals surface area contributed by atoms with Crippen LogP contribution in [0.4, 0.5) is 10.1 Å². The fourth-order valence-electron chi connectivity index (χ4n) is 1.60. The van der Waals surface area contributed by atoms with E-state index in [1.165, 1.54) is 6.07 Å². The lowest BCUT2D eigenvalue weighted by molar-refractivity contribution is -0.136. The van der Waals surface area contributed by atoms with Crippen molar-refractivity contribution in [1.82, 2.24) is 5.32 Å². The minimum Gasteiger partial charge on any atom is -0.388 e. The van der Waals surface area contributed by atoms with E-state index in [2.05, 4.69) is 10.6 Å². The number of carbonyl (C=O) groups is 2. The Morgan fingerprint density at radius 3 is 2.43 bits per heavy atom. The van der Waals surface area contributed by atoms with Gasteiger partial charge in [-0.3, -0.25) is 9.59 Å². The molecule has 0 bridgehead atoms. The van der Waals surface area contributed by atoms with E-state index < -0.39 is 23.2 Å².